The van der Waals surface area contributed by atoms with Crippen molar-refractivity contribution < 1.29 is 30.0 Å². The van der Waals surface area contributed by atoms with Gasteiger partial charge in [-0.3, -0.25) is 9.59 Å². The summed E-state index contributed by atoms with van der Waals surface area (Å²) in [7, 11) is 0. The predicted octanol–water partition coefficient (Wildman–Crippen LogP) is -1.17. The molecule has 0 bridgehead atoms. The Hall–Kier alpha value is -1.22. The van der Waals surface area contributed by atoms with Gasteiger partial charge in [0.05, 0.1) is 12.2 Å². The minimum atomic E-state index is -1.08. The standard InChI is InChI=1S/2C6H13NO3/c2*1-3(4(2)8)5(7)6(9)10/h2*3-5,8H,7H2,1-2H3,(H,9,10)/t2*3-,4?,5-/m00/s1. The molecule has 2 unspecified atom stereocenters. The molecule has 0 aliphatic rings. The first-order valence-corrected chi connectivity index (χ1v) is 6.26. The van der Waals surface area contributed by atoms with Gasteiger partial charge in [0.2, 0.25) is 0 Å². The first-order chi connectivity index (χ1) is 8.93. The van der Waals surface area contributed by atoms with Crippen molar-refractivity contribution in [2.24, 2.45) is 23.3 Å². The average molecular weight is 294 g/mol. The SMILES string of the molecule is CC(O)[C@H](C)[C@H](N)C(=O)O.CC(O)[C@H](C)[C@H](N)C(=O)O. The lowest BCUT2D eigenvalue weighted by Gasteiger charge is -2.17. The van der Waals surface area contributed by atoms with Crippen LogP contribution >= 0.6 is 0 Å². The number of aliphatic carboxylic acids is 2. The van der Waals surface area contributed by atoms with Crippen molar-refractivity contribution in [3.63, 3.8) is 0 Å². The third kappa shape index (κ3) is 8.05. The van der Waals surface area contributed by atoms with Crippen molar-refractivity contribution in [2.75, 3.05) is 0 Å². The van der Waals surface area contributed by atoms with Crippen LogP contribution in [0.5, 0.6) is 0 Å². The maximum absolute atomic E-state index is 10.2. The molecule has 0 fully saturated rings. The van der Waals surface area contributed by atoms with E-state index in [1.807, 2.05) is 0 Å². The van der Waals surface area contributed by atoms with Crippen molar-refractivity contribution >= 4 is 11.9 Å². The second-order valence-electron chi connectivity index (χ2n) is 4.93. The highest BCUT2D eigenvalue weighted by Crippen LogP contribution is 2.06. The minimum Gasteiger partial charge on any atom is -0.480 e. The van der Waals surface area contributed by atoms with Crippen LogP contribution in [0.25, 0.3) is 0 Å². The highest BCUT2D eigenvalue weighted by molar-refractivity contribution is 5.73. The normalized spacial score (nSPS) is 19.6. The zero-order valence-corrected chi connectivity index (χ0v) is 12.2. The van der Waals surface area contributed by atoms with Crippen LogP contribution in [-0.2, 0) is 9.59 Å². The van der Waals surface area contributed by atoms with E-state index in [-0.39, 0.29) is 0 Å². The van der Waals surface area contributed by atoms with Crippen molar-refractivity contribution in [2.45, 2.75) is 52.0 Å². The van der Waals surface area contributed by atoms with Gasteiger partial charge in [0.15, 0.2) is 0 Å². The van der Waals surface area contributed by atoms with Gasteiger partial charge in [-0.25, -0.2) is 0 Å². The largest absolute Gasteiger partial charge is 0.480 e. The first kappa shape index (κ1) is 21.1. The van der Waals surface area contributed by atoms with Crippen molar-refractivity contribution in [3.05, 3.63) is 0 Å². The summed E-state index contributed by atoms with van der Waals surface area (Å²) >= 11 is 0. The van der Waals surface area contributed by atoms with Gasteiger partial charge >= 0.3 is 11.9 Å². The summed E-state index contributed by atoms with van der Waals surface area (Å²) in [5, 5.41) is 34.5. The van der Waals surface area contributed by atoms with Crippen LogP contribution in [0.15, 0.2) is 0 Å². The average Bonchev–Trinajstić information content (AvgIpc) is 2.35. The molecular weight excluding hydrogens is 268 g/mol. The maximum atomic E-state index is 10.2. The van der Waals surface area contributed by atoms with Crippen molar-refractivity contribution in [1.29, 1.82) is 0 Å². The summed E-state index contributed by atoms with van der Waals surface area (Å²) in [6.07, 6.45) is -1.35. The molecule has 120 valence electrons. The number of nitrogens with two attached hydrogens (primary N) is 2. The van der Waals surface area contributed by atoms with E-state index < -0.39 is 48.1 Å². The Morgan fingerprint density at radius 1 is 0.750 bits per heavy atom. The fraction of sp³-hybridized carbons (Fsp3) is 0.833. The zero-order chi connectivity index (χ0) is 16.6. The quantitative estimate of drug-likeness (QED) is 0.356. The van der Waals surface area contributed by atoms with Crippen molar-refractivity contribution in [3.8, 4) is 0 Å². The Balaban J connectivity index is 0. The van der Waals surface area contributed by atoms with E-state index >= 15 is 0 Å². The van der Waals surface area contributed by atoms with Crippen LogP contribution in [0.4, 0.5) is 0 Å². The number of hydrogen-bond donors (Lipinski definition) is 6. The molecule has 0 saturated carbocycles. The lowest BCUT2D eigenvalue weighted by Crippen LogP contribution is -2.41. The zero-order valence-electron chi connectivity index (χ0n) is 12.2. The summed E-state index contributed by atoms with van der Waals surface area (Å²) < 4.78 is 0. The third-order valence-electron chi connectivity index (χ3n) is 3.23. The fourth-order valence-electron chi connectivity index (χ4n) is 1.05. The van der Waals surface area contributed by atoms with Crippen LogP contribution < -0.4 is 11.5 Å². The lowest BCUT2D eigenvalue weighted by molar-refractivity contribution is -0.141. The minimum absolute atomic E-state index is 0.405. The van der Waals surface area contributed by atoms with E-state index in [0.717, 1.165) is 0 Å². The number of aliphatic hydroxyl groups excluding tert-OH is 2. The third-order valence-corrected chi connectivity index (χ3v) is 3.23. The second kappa shape index (κ2) is 9.65. The molecule has 0 aliphatic heterocycles. The molecule has 20 heavy (non-hydrogen) atoms. The molecule has 8 nitrogen and oxygen atoms in total. The monoisotopic (exact) mass is 294 g/mol. The van der Waals surface area contributed by atoms with Gasteiger partial charge < -0.3 is 31.9 Å². The number of rotatable bonds is 6. The molecule has 8 N–H and O–H groups in total. The van der Waals surface area contributed by atoms with Crippen LogP contribution in [0.1, 0.15) is 27.7 Å². The van der Waals surface area contributed by atoms with Crippen LogP contribution in [-0.4, -0.2) is 56.7 Å². The van der Waals surface area contributed by atoms with E-state index in [1.54, 1.807) is 13.8 Å². The molecule has 0 rings (SSSR count). The lowest BCUT2D eigenvalue weighted by atomic mass is 9.98. The summed E-state index contributed by atoms with van der Waals surface area (Å²) in [5.41, 5.74) is 10.4. The molecule has 0 heterocycles. The molecule has 0 radical (unpaired) electrons. The molecule has 0 spiro atoms. The number of carboxylic acids is 2. The molecule has 0 amide bonds. The highest BCUT2D eigenvalue weighted by atomic mass is 16.4. The molecule has 6 atom stereocenters. The summed E-state index contributed by atoms with van der Waals surface area (Å²) in [6, 6.07) is -1.94. The maximum Gasteiger partial charge on any atom is 0.320 e. The number of carbonyl (C=O) groups is 2. The van der Waals surface area contributed by atoms with Gasteiger partial charge in [0, 0.05) is 11.8 Å². The van der Waals surface area contributed by atoms with E-state index in [4.69, 9.17) is 31.9 Å². The van der Waals surface area contributed by atoms with E-state index in [9.17, 15) is 9.59 Å². The number of aliphatic hydroxyl groups is 2. The van der Waals surface area contributed by atoms with Crippen LogP contribution in [0.2, 0.25) is 0 Å². The van der Waals surface area contributed by atoms with E-state index in [2.05, 4.69) is 0 Å². The Morgan fingerprint density at radius 3 is 1.00 bits per heavy atom. The second-order valence-corrected chi connectivity index (χ2v) is 4.93. The van der Waals surface area contributed by atoms with Crippen LogP contribution in [0, 0.1) is 11.8 Å². The van der Waals surface area contributed by atoms with Gasteiger partial charge in [-0.1, -0.05) is 13.8 Å². The summed E-state index contributed by atoms with van der Waals surface area (Å²) in [4.78, 5) is 20.4. The van der Waals surface area contributed by atoms with Gasteiger partial charge in [-0.15, -0.1) is 0 Å². The Morgan fingerprint density at radius 2 is 0.950 bits per heavy atom. The topological polar surface area (TPSA) is 167 Å². The van der Waals surface area contributed by atoms with Crippen LogP contribution in [0.3, 0.4) is 0 Å². The number of hydrogen-bond acceptors (Lipinski definition) is 6. The molecule has 8 heteroatoms. The van der Waals surface area contributed by atoms with E-state index in [0.29, 0.717) is 0 Å². The molecular formula is C12H26N2O6. The van der Waals surface area contributed by atoms with Crippen molar-refractivity contribution in [1.82, 2.24) is 0 Å². The molecule has 0 saturated heterocycles. The van der Waals surface area contributed by atoms with Gasteiger partial charge in [0.1, 0.15) is 12.1 Å². The number of carboxylic acid groups (broad SMARTS) is 2. The summed E-state index contributed by atoms with van der Waals surface area (Å²) in [6.45, 7) is 6.24. The van der Waals surface area contributed by atoms with E-state index in [1.165, 1.54) is 13.8 Å². The fourth-order valence-corrected chi connectivity index (χ4v) is 1.05. The molecule has 0 aromatic heterocycles. The molecule has 0 aromatic rings. The molecule has 0 aromatic carbocycles. The van der Waals surface area contributed by atoms with Gasteiger partial charge in [0.25, 0.3) is 0 Å². The molecule has 0 aliphatic carbocycles. The smallest absolute Gasteiger partial charge is 0.320 e. The first-order valence-electron chi connectivity index (χ1n) is 6.26. The summed E-state index contributed by atoms with van der Waals surface area (Å²) in [5.74, 6) is -2.96. The predicted molar refractivity (Wildman–Crippen MR) is 72.9 cm³/mol. The Labute approximate surface area is 118 Å². The van der Waals surface area contributed by atoms with Gasteiger partial charge in [-0.05, 0) is 13.8 Å². The van der Waals surface area contributed by atoms with Gasteiger partial charge in [-0.2, -0.15) is 0 Å². The highest BCUT2D eigenvalue weighted by Gasteiger charge is 2.24. The Bertz CT molecular complexity index is 278. The Kier molecular flexibility index (Phi) is 10.2.